The van der Waals surface area contributed by atoms with Crippen molar-refractivity contribution >= 4 is 40.4 Å². The van der Waals surface area contributed by atoms with Gasteiger partial charge in [-0.05, 0) is 39.0 Å². The van der Waals surface area contributed by atoms with E-state index in [-0.39, 0.29) is 10.9 Å². The van der Waals surface area contributed by atoms with Crippen molar-refractivity contribution in [2.75, 3.05) is 5.32 Å². The molecule has 110 valence electrons. The van der Waals surface area contributed by atoms with Crippen LogP contribution in [0.2, 0.25) is 5.02 Å². The Morgan fingerprint density at radius 2 is 1.95 bits per heavy atom. The van der Waals surface area contributed by atoms with E-state index < -0.39 is 0 Å². The number of carbonyl (C=O) groups is 1. The van der Waals surface area contributed by atoms with Gasteiger partial charge in [0.1, 0.15) is 16.5 Å². The molecule has 0 bridgehead atoms. The lowest BCUT2D eigenvalue weighted by molar-refractivity contribution is 0.102. The molecule has 6 heteroatoms. The molecule has 0 aliphatic heterocycles. The average molecular weight is 323 g/mol. The predicted molar refractivity (Wildman–Crippen MR) is 88.2 cm³/mol. The van der Waals surface area contributed by atoms with Gasteiger partial charge in [-0.3, -0.25) is 4.79 Å². The molecule has 0 saturated heterocycles. The largest absolute Gasteiger partial charge is 0.466 e. The monoisotopic (exact) mass is 322 g/mol. The molecule has 21 heavy (non-hydrogen) atoms. The van der Waals surface area contributed by atoms with Crippen molar-refractivity contribution in [3.8, 4) is 0 Å². The minimum Gasteiger partial charge on any atom is -0.466 e. The Labute approximate surface area is 133 Å². The Hall–Kier alpha value is -1.85. The summed E-state index contributed by atoms with van der Waals surface area (Å²) in [5.41, 5.74) is 8.04. The number of nitrogens with one attached hydrogen (secondary N) is 1. The highest BCUT2D eigenvalue weighted by molar-refractivity contribution is 7.80. The van der Waals surface area contributed by atoms with E-state index in [0.29, 0.717) is 27.6 Å². The van der Waals surface area contributed by atoms with Crippen molar-refractivity contribution in [1.29, 1.82) is 0 Å². The molecule has 4 nitrogen and oxygen atoms in total. The SMILES string of the molecule is Cc1oc(C)c(C(=O)Nc2ccc(C(N)=S)cc2Cl)c1C. The molecule has 1 amide bonds. The molecule has 0 saturated carbocycles. The Balaban J connectivity index is 2.30. The number of anilines is 1. The molecule has 0 radical (unpaired) electrons. The van der Waals surface area contributed by atoms with E-state index in [4.69, 9.17) is 34.0 Å². The number of halogens is 1. The van der Waals surface area contributed by atoms with Crippen LogP contribution < -0.4 is 11.1 Å². The normalized spacial score (nSPS) is 10.5. The summed E-state index contributed by atoms with van der Waals surface area (Å²) in [4.78, 5) is 12.6. The lowest BCUT2D eigenvalue weighted by atomic mass is 10.1. The first kappa shape index (κ1) is 15.5. The van der Waals surface area contributed by atoms with Gasteiger partial charge in [0.2, 0.25) is 0 Å². The van der Waals surface area contributed by atoms with Gasteiger partial charge in [0.25, 0.3) is 5.91 Å². The molecule has 1 aromatic carbocycles. The number of furan rings is 1. The number of nitrogens with two attached hydrogens (primary N) is 1. The second-order valence-electron chi connectivity index (χ2n) is 4.73. The van der Waals surface area contributed by atoms with Crippen LogP contribution in [0.3, 0.4) is 0 Å². The predicted octanol–water partition coefficient (Wildman–Crippen LogP) is 3.74. The van der Waals surface area contributed by atoms with Gasteiger partial charge < -0.3 is 15.5 Å². The standard InChI is InChI=1S/C15H15ClN2O2S/c1-7-8(2)20-9(3)13(7)15(19)18-12-5-4-10(14(17)21)6-11(12)16/h4-6H,1-3H3,(H2,17,21)(H,18,19). The number of thiocarbonyl (C=S) groups is 1. The number of hydrogen-bond donors (Lipinski definition) is 2. The zero-order valence-electron chi connectivity index (χ0n) is 11.9. The number of carbonyl (C=O) groups excluding carboxylic acids is 1. The summed E-state index contributed by atoms with van der Waals surface area (Å²) in [6.07, 6.45) is 0. The molecule has 0 atom stereocenters. The third-order valence-corrected chi connectivity index (χ3v) is 3.84. The van der Waals surface area contributed by atoms with Gasteiger partial charge in [0.15, 0.2) is 0 Å². The molecule has 0 spiro atoms. The number of rotatable bonds is 3. The Morgan fingerprint density at radius 3 is 2.43 bits per heavy atom. The fraction of sp³-hybridized carbons (Fsp3) is 0.200. The van der Waals surface area contributed by atoms with E-state index in [1.807, 2.05) is 13.8 Å². The van der Waals surface area contributed by atoms with Crippen molar-refractivity contribution in [3.63, 3.8) is 0 Å². The van der Waals surface area contributed by atoms with Gasteiger partial charge >= 0.3 is 0 Å². The highest BCUT2D eigenvalue weighted by Gasteiger charge is 2.19. The van der Waals surface area contributed by atoms with Crippen LogP contribution in [0.1, 0.15) is 33.0 Å². The molecule has 2 rings (SSSR count). The van der Waals surface area contributed by atoms with Crippen LogP contribution >= 0.6 is 23.8 Å². The van der Waals surface area contributed by atoms with E-state index in [9.17, 15) is 4.79 Å². The molecule has 3 N–H and O–H groups in total. The molecule has 2 aromatic rings. The molecule has 0 aliphatic carbocycles. The van der Waals surface area contributed by atoms with Crippen molar-refractivity contribution < 1.29 is 9.21 Å². The summed E-state index contributed by atoms with van der Waals surface area (Å²) in [7, 11) is 0. The van der Waals surface area contributed by atoms with Gasteiger partial charge in [-0.1, -0.05) is 23.8 Å². The quantitative estimate of drug-likeness (QED) is 0.845. The molecule has 1 aromatic heterocycles. The van der Waals surface area contributed by atoms with Crippen molar-refractivity contribution in [3.05, 3.63) is 51.4 Å². The first-order chi connectivity index (χ1) is 9.81. The maximum absolute atomic E-state index is 12.4. The van der Waals surface area contributed by atoms with Crippen LogP contribution in [0.15, 0.2) is 22.6 Å². The van der Waals surface area contributed by atoms with Crippen LogP contribution in [0.5, 0.6) is 0 Å². The van der Waals surface area contributed by atoms with Gasteiger partial charge in [0, 0.05) is 11.1 Å². The topological polar surface area (TPSA) is 68.3 Å². The summed E-state index contributed by atoms with van der Waals surface area (Å²) < 4.78 is 5.46. The summed E-state index contributed by atoms with van der Waals surface area (Å²) in [6.45, 7) is 5.42. The van der Waals surface area contributed by atoms with Crippen molar-refractivity contribution in [2.24, 2.45) is 5.73 Å². The lowest BCUT2D eigenvalue weighted by Crippen LogP contribution is -2.14. The fourth-order valence-electron chi connectivity index (χ4n) is 2.08. The first-order valence-electron chi connectivity index (χ1n) is 6.28. The zero-order chi connectivity index (χ0) is 15.7. The Morgan fingerprint density at radius 1 is 1.29 bits per heavy atom. The number of benzene rings is 1. The first-order valence-corrected chi connectivity index (χ1v) is 7.07. The molecular formula is C15H15ClN2O2S. The van der Waals surface area contributed by atoms with E-state index >= 15 is 0 Å². The van der Waals surface area contributed by atoms with E-state index in [1.54, 1.807) is 25.1 Å². The zero-order valence-corrected chi connectivity index (χ0v) is 13.5. The van der Waals surface area contributed by atoms with Crippen LogP contribution in [0.25, 0.3) is 0 Å². The molecule has 0 aliphatic rings. The van der Waals surface area contributed by atoms with Gasteiger partial charge in [-0.15, -0.1) is 0 Å². The van der Waals surface area contributed by atoms with Crippen molar-refractivity contribution in [2.45, 2.75) is 20.8 Å². The van der Waals surface area contributed by atoms with Gasteiger partial charge in [0.05, 0.1) is 16.3 Å². The van der Waals surface area contributed by atoms with Gasteiger partial charge in [-0.2, -0.15) is 0 Å². The average Bonchev–Trinajstić information content (AvgIpc) is 2.65. The highest BCUT2D eigenvalue weighted by Crippen LogP contribution is 2.26. The van der Waals surface area contributed by atoms with Crippen LogP contribution in [0, 0.1) is 20.8 Å². The van der Waals surface area contributed by atoms with E-state index in [1.165, 1.54) is 0 Å². The lowest BCUT2D eigenvalue weighted by Gasteiger charge is -2.09. The third kappa shape index (κ3) is 3.09. The molecular weight excluding hydrogens is 308 g/mol. The summed E-state index contributed by atoms with van der Waals surface area (Å²) in [5.74, 6) is 1.05. The Kier molecular flexibility index (Phi) is 4.34. The maximum Gasteiger partial charge on any atom is 0.259 e. The number of aryl methyl sites for hydroxylation is 2. The maximum atomic E-state index is 12.4. The molecule has 1 heterocycles. The van der Waals surface area contributed by atoms with E-state index in [0.717, 1.165) is 11.3 Å². The second-order valence-corrected chi connectivity index (χ2v) is 5.57. The minimum atomic E-state index is -0.258. The number of amides is 1. The second kappa shape index (κ2) is 5.87. The fourth-order valence-corrected chi connectivity index (χ4v) is 2.44. The summed E-state index contributed by atoms with van der Waals surface area (Å²) >= 11 is 11.0. The molecule has 0 fully saturated rings. The molecule has 0 unspecified atom stereocenters. The van der Waals surface area contributed by atoms with Crippen LogP contribution in [0.4, 0.5) is 5.69 Å². The summed E-state index contributed by atoms with van der Waals surface area (Å²) in [6, 6.07) is 5.01. The summed E-state index contributed by atoms with van der Waals surface area (Å²) in [5, 5.41) is 3.15. The minimum absolute atomic E-state index is 0.256. The third-order valence-electron chi connectivity index (χ3n) is 3.29. The van der Waals surface area contributed by atoms with E-state index in [2.05, 4.69) is 5.32 Å². The number of hydrogen-bond acceptors (Lipinski definition) is 3. The highest BCUT2D eigenvalue weighted by atomic mass is 35.5. The Bertz CT molecular complexity index is 738. The van der Waals surface area contributed by atoms with Crippen LogP contribution in [-0.2, 0) is 0 Å². The van der Waals surface area contributed by atoms with Crippen molar-refractivity contribution in [1.82, 2.24) is 0 Å². The van der Waals surface area contributed by atoms with Crippen LogP contribution in [-0.4, -0.2) is 10.9 Å². The van der Waals surface area contributed by atoms with Gasteiger partial charge in [-0.25, -0.2) is 0 Å². The smallest absolute Gasteiger partial charge is 0.259 e.